The summed E-state index contributed by atoms with van der Waals surface area (Å²) in [5, 5.41) is 0.972. The second kappa shape index (κ2) is 5.87. The normalized spacial score (nSPS) is 12.4. The number of rotatable bonds is 1. The van der Waals surface area contributed by atoms with E-state index in [1.54, 1.807) is 0 Å². The van der Waals surface area contributed by atoms with Gasteiger partial charge in [0.1, 0.15) is 0 Å². The lowest BCUT2D eigenvalue weighted by Crippen LogP contribution is -2.12. The van der Waals surface area contributed by atoms with Crippen LogP contribution in [-0.2, 0) is 0 Å². The minimum absolute atomic E-state index is 0.0908. The zero-order valence-corrected chi connectivity index (χ0v) is 16.6. The lowest BCUT2D eigenvalue weighted by atomic mass is 9.81. The highest BCUT2D eigenvalue weighted by Crippen LogP contribution is 2.42. The number of benzene rings is 3. The number of aryl methyl sites for hydroxylation is 3. The van der Waals surface area contributed by atoms with E-state index in [9.17, 15) is 4.79 Å². The number of ketones is 1. The van der Waals surface area contributed by atoms with Gasteiger partial charge in [0.2, 0.25) is 0 Å². The SMILES string of the molecule is Cc1cc(C)c(C)c(-c2cc3c4c(cccc4n2)-c2c(C)cccc2C3=O)c1. The van der Waals surface area contributed by atoms with Crippen molar-refractivity contribution in [3.63, 3.8) is 0 Å². The molecule has 0 radical (unpaired) electrons. The molecule has 136 valence electrons. The van der Waals surface area contributed by atoms with Gasteiger partial charge in [-0.25, -0.2) is 4.98 Å². The van der Waals surface area contributed by atoms with Gasteiger partial charge in [-0.2, -0.15) is 0 Å². The summed E-state index contributed by atoms with van der Waals surface area (Å²) in [6.45, 7) is 8.41. The Kier molecular flexibility index (Phi) is 3.54. The van der Waals surface area contributed by atoms with Crippen LogP contribution in [0.3, 0.4) is 0 Å². The number of pyridine rings is 1. The standard InChI is InChI=1S/C26H21NO/c1-14-11-16(3)17(4)20(12-14)23-13-21-25-18(8-6-10-22(25)27-23)24-15(2)7-5-9-19(24)26(21)28/h5-13H,1-4H3. The molecule has 0 saturated carbocycles. The van der Waals surface area contributed by atoms with Crippen LogP contribution in [0.15, 0.2) is 54.6 Å². The maximum absolute atomic E-state index is 13.4. The Bertz CT molecular complexity index is 1310. The molecule has 0 aliphatic heterocycles. The number of hydrogen-bond acceptors (Lipinski definition) is 2. The molecule has 0 unspecified atom stereocenters. The van der Waals surface area contributed by atoms with Crippen molar-refractivity contribution in [2.24, 2.45) is 0 Å². The zero-order valence-electron chi connectivity index (χ0n) is 16.6. The molecule has 1 aromatic heterocycles. The summed E-state index contributed by atoms with van der Waals surface area (Å²) in [6.07, 6.45) is 0. The van der Waals surface area contributed by atoms with Gasteiger partial charge >= 0.3 is 0 Å². The topological polar surface area (TPSA) is 30.0 Å². The van der Waals surface area contributed by atoms with Crippen LogP contribution in [0.1, 0.15) is 38.2 Å². The maximum Gasteiger partial charge on any atom is 0.194 e. The lowest BCUT2D eigenvalue weighted by Gasteiger charge is -2.22. The summed E-state index contributed by atoms with van der Waals surface area (Å²) < 4.78 is 0. The average molecular weight is 363 g/mol. The molecule has 3 aromatic carbocycles. The molecule has 0 amide bonds. The molecule has 0 N–H and O–H groups in total. The van der Waals surface area contributed by atoms with E-state index in [-0.39, 0.29) is 5.78 Å². The van der Waals surface area contributed by atoms with Crippen LogP contribution in [0.25, 0.3) is 33.3 Å². The van der Waals surface area contributed by atoms with Crippen LogP contribution in [0.2, 0.25) is 0 Å². The molecular weight excluding hydrogens is 342 g/mol. The maximum atomic E-state index is 13.4. The minimum atomic E-state index is 0.0908. The monoisotopic (exact) mass is 363 g/mol. The summed E-state index contributed by atoms with van der Waals surface area (Å²) in [6, 6.07) is 18.5. The van der Waals surface area contributed by atoms with Crippen LogP contribution in [0.4, 0.5) is 0 Å². The Labute approximate surface area is 164 Å². The molecule has 2 heteroatoms. The Morgan fingerprint density at radius 1 is 0.714 bits per heavy atom. The first-order chi connectivity index (χ1) is 13.5. The van der Waals surface area contributed by atoms with Crippen LogP contribution in [0.5, 0.6) is 0 Å². The molecule has 0 bridgehead atoms. The molecule has 1 aliphatic carbocycles. The van der Waals surface area contributed by atoms with Crippen molar-refractivity contribution in [3.05, 3.63) is 88.0 Å². The van der Waals surface area contributed by atoms with Crippen LogP contribution < -0.4 is 0 Å². The molecular formula is C26H21NO. The number of nitrogens with zero attached hydrogens (tertiary/aromatic N) is 1. The minimum Gasteiger partial charge on any atom is -0.289 e. The number of carbonyl (C=O) groups excluding carboxylic acids is 1. The molecule has 0 saturated heterocycles. The third-order valence-corrected chi connectivity index (χ3v) is 5.95. The van der Waals surface area contributed by atoms with Crippen molar-refractivity contribution in [3.8, 4) is 22.4 Å². The van der Waals surface area contributed by atoms with E-state index < -0.39 is 0 Å². The third kappa shape index (κ3) is 2.27. The van der Waals surface area contributed by atoms with Gasteiger partial charge in [0.25, 0.3) is 0 Å². The van der Waals surface area contributed by atoms with E-state index in [2.05, 4.69) is 52.0 Å². The first-order valence-corrected chi connectivity index (χ1v) is 9.62. The van der Waals surface area contributed by atoms with Gasteiger partial charge in [0.05, 0.1) is 11.2 Å². The molecule has 0 atom stereocenters. The first kappa shape index (κ1) is 16.9. The van der Waals surface area contributed by atoms with Crippen molar-refractivity contribution >= 4 is 16.7 Å². The smallest absolute Gasteiger partial charge is 0.194 e. The first-order valence-electron chi connectivity index (χ1n) is 9.62. The van der Waals surface area contributed by atoms with Crippen molar-refractivity contribution in [2.45, 2.75) is 27.7 Å². The Balaban J connectivity index is 1.88. The highest BCUT2D eigenvalue weighted by atomic mass is 16.1. The predicted molar refractivity (Wildman–Crippen MR) is 115 cm³/mol. The van der Waals surface area contributed by atoms with Crippen LogP contribution >= 0.6 is 0 Å². The summed E-state index contributed by atoms with van der Waals surface area (Å²) >= 11 is 0. The van der Waals surface area contributed by atoms with Crippen molar-refractivity contribution in [1.82, 2.24) is 4.98 Å². The number of hydrogen-bond donors (Lipinski definition) is 0. The number of aromatic nitrogens is 1. The largest absolute Gasteiger partial charge is 0.289 e. The molecule has 5 rings (SSSR count). The molecule has 0 fully saturated rings. The second-order valence-corrected chi connectivity index (χ2v) is 7.84. The van der Waals surface area contributed by atoms with Gasteiger partial charge in [-0.15, -0.1) is 0 Å². The fourth-order valence-electron chi connectivity index (χ4n) is 4.48. The van der Waals surface area contributed by atoms with E-state index in [0.29, 0.717) is 0 Å². The Morgan fingerprint density at radius 2 is 1.46 bits per heavy atom. The van der Waals surface area contributed by atoms with Crippen molar-refractivity contribution in [2.75, 3.05) is 0 Å². The van der Waals surface area contributed by atoms with Crippen molar-refractivity contribution in [1.29, 1.82) is 0 Å². The summed E-state index contributed by atoms with van der Waals surface area (Å²) in [4.78, 5) is 18.4. The van der Waals surface area contributed by atoms with Gasteiger partial charge in [0, 0.05) is 22.1 Å². The van der Waals surface area contributed by atoms with Gasteiger partial charge in [-0.1, -0.05) is 42.0 Å². The summed E-state index contributed by atoms with van der Waals surface area (Å²) in [5.74, 6) is 0.0908. The second-order valence-electron chi connectivity index (χ2n) is 7.84. The van der Waals surface area contributed by atoms with E-state index in [1.807, 2.05) is 30.3 Å². The summed E-state index contributed by atoms with van der Waals surface area (Å²) in [5.41, 5.74) is 11.3. The van der Waals surface area contributed by atoms with Crippen molar-refractivity contribution < 1.29 is 4.79 Å². The van der Waals surface area contributed by atoms with Gasteiger partial charge < -0.3 is 0 Å². The Morgan fingerprint density at radius 3 is 2.29 bits per heavy atom. The molecule has 1 heterocycles. The highest BCUT2D eigenvalue weighted by molar-refractivity contribution is 6.26. The lowest BCUT2D eigenvalue weighted by molar-refractivity contribution is 0.104. The fourth-order valence-corrected chi connectivity index (χ4v) is 4.48. The molecule has 2 nitrogen and oxygen atoms in total. The van der Waals surface area contributed by atoms with E-state index in [1.165, 1.54) is 16.7 Å². The molecule has 28 heavy (non-hydrogen) atoms. The van der Waals surface area contributed by atoms with E-state index in [0.717, 1.165) is 50.0 Å². The van der Waals surface area contributed by atoms with E-state index in [4.69, 9.17) is 4.98 Å². The average Bonchev–Trinajstić information content (AvgIpc) is 2.68. The zero-order chi connectivity index (χ0) is 19.6. The fraction of sp³-hybridized carbons (Fsp3) is 0.154. The van der Waals surface area contributed by atoms with Gasteiger partial charge in [0.15, 0.2) is 5.78 Å². The highest BCUT2D eigenvalue weighted by Gasteiger charge is 2.27. The van der Waals surface area contributed by atoms with Crippen LogP contribution in [0, 0.1) is 27.7 Å². The molecule has 1 aliphatic rings. The Hall–Kier alpha value is -3.26. The molecule has 4 aromatic rings. The predicted octanol–water partition coefficient (Wildman–Crippen LogP) is 6.35. The van der Waals surface area contributed by atoms with Gasteiger partial charge in [-0.05, 0) is 73.7 Å². The number of carbonyl (C=O) groups is 1. The van der Waals surface area contributed by atoms with Crippen LogP contribution in [-0.4, -0.2) is 10.8 Å². The quantitative estimate of drug-likeness (QED) is 0.347. The summed E-state index contributed by atoms with van der Waals surface area (Å²) in [7, 11) is 0. The van der Waals surface area contributed by atoms with Gasteiger partial charge in [-0.3, -0.25) is 4.79 Å². The molecule has 0 spiro atoms. The third-order valence-electron chi connectivity index (χ3n) is 5.95. The number of fused-ring (bicyclic) bond motifs is 2. The van der Waals surface area contributed by atoms with E-state index >= 15 is 0 Å².